The fourth-order valence-corrected chi connectivity index (χ4v) is 1.20. The fourth-order valence-electron chi connectivity index (χ4n) is 1.20. The van der Waals surface area contributed by atoms with Crippen LogP contribution in [0.15, 0.2) is 37.2 Å². The van der Waals surface area contributed by atoms with Gasteiger partial charge in [0.1, 0.15) is 0 Å². The van der Waals surface area contributed by atoms with E-state index in [4.69, 9.17) is 4.74 Å². The number of pyridine rings is 1. The van der Waals surface area contributed by atoms with Crippen LogP contribution in [0.5, 0.6) is 0 Å². The van der Waals surface area contributed by atoms with Gasteiger partial charge < -0.3 is 10.1 Å². The molecule has 0 aliphatic heterocycles. The first-order valence-corrected chi connectivity index (χ1v) is 4.59. The lowest BCUT2D eigenvalue weighted by atomic mass is 10.1. The number of rotatable bonds is 5. The number of methoxy groups -OCH3 is 1. The molecule has 0 aliphatic carbocycles. The standard InChI is InChI=1S/C11H14N2O2/c1-3-11(14)13-10(8-15-2)9-5-4-6-12-7-9/h3-7,10H,1,8H2,2H3,(H,13,14)/t10-/m1/s1. The lowest BCUT2D eigenvalue weighted by molar-refractivity contribution is -0.117. The number of ether oxygens (including phenoxy) is 1. The van der Waals surface area contributed by atoms with Crippen molar-refractivity contribution in [2.24, 2.45) is 0 Å². The Morgan fingerprint density at radius 1 is 1.80 bits per heavy atom. The molecule has 4 nitrogen and oxygen atoms in total. The number of nitrogens with one attached hydrogen (secondary N) is 1. The topological polar surface area (TPSA) is 51.2 Å². The Morgan fingerprint density at radius 2 is 2.60 bits per heavy atom. The lowest BCUT2D eigenvalue weighted by Crippen LogP contribution is -2.29. The monoisotopic (exact) mass is 206 g/mol. The summed E-state index contributed by atoms with van der Waals surface area (Å²) in [6.45, 7) is 3.81. The highest BCUT2D eigenvalue weighted by molar-refractivity contribution is 5.87. The summed E-state index contributed by atoms with van der Waals surface area (Å²) in [6.07, 6.45) is 4.62. The maximum Gasteiger partial charge on any atom is 0.243 e. The second-order valence-corrected chi connectivity index (χ2v) is 3.01. The van der Waals surface area contributed by atoms with Gasteiger partial charge in [0.25, 0.3) is 0 Å². The molecule has 1 N–H and O–H groups in total. The summed E-state index contributed by atoms with van der Waals surface area (Å²) in [4.78, 5) is 15.2. The molecule has 1 aromatic rings. The van der Waals surface area contributed by atoms with Gasteiger partial charge in [0.2, 0.25) is 5.91 Å². The van der Waals surface area contributed by atoms with Crippen LogP contribution in [0.3, 0.4) is 0 Å². The highest BCUT2D eigenvalue weighted by Gasteiger charge is 2.12. The first-order valence-electron chi connectivity index (χ1n) is 4.59. The molecule has 0 unspecified atom stereocenters. The van der Waals surface area contributed by atoms with Crippen molar-refractivity contribution in [1.29, 1.82) is 0 Å². The van der Waals surface area contributed by atoms with Crippen LogP contribution in [0.4, 0.5) is 0 Å². The molecule has 1 rings (SSSR count). The van der Waals surface area contributed by atoms with Gasteiger partial charge in [-0.3, -0.25) is 9.78 Å². The van der Waals surface area contributed by atoms with Crippen LogP contribution in [0.2, 0.25) is 0 Å². The van der Waals surface area contributed by atoms with Crippen molar-refractivity contribution < 1.29 is 9.53 Å². The summed E-state index contributed by atoms with van der Waals surface area (Å²) in [5.41, 5.74) is 0.912. The number of carbonyl (C=O) groups is 1. The van der Waals surface area contributed by atoms with Gasteiger partial charge in [0.05, 0.1) is 12.6 Å². The van der Waals surface area contributed by atoms with E-state index in [1.807, 2.05) is 12.1 Å². The van der Waals surface area contributed by atoms with Crippen molar-refractivity contribution in [2.45, 2.75) is 6.04 Å². The Balaban J connectivity index is 2.74. The number of hydrogen-bond donors (Lipinski definition) is 1. The maximum absolute atomic E-state index is 11.2. The van der Waals surface area contributed by atoms with Crippen molar-refractivity contribution in [2.75, 3.05) is 13.7 Å². The van der Waals surface area contributed by atoms with Crippen LogP contribution < -0.4 is 5.32 Å². The largest absolute Gasteiger partial charge is 0.382 e. The smallest absolute Gasteiger partial charge is 0.243 e. The molecule has 0 spiro atoms. The van der Waals surface area contributed by atoms with Crippen molar-refractivity contribution in [3.05, 3.63) is 42.7 Å². The molecule has 1 amide bonds. The van der Waals surface area contributed by atoms with Crippen LogP contribution in [0, 0.1) is 0 Å². The van der Waals surface area contributed by atoms with Gasteiger partial charge in [-0.25, -0.2) is 0 Å². The summed E-state index contributed by atoms with van der Waals surface area (Å²) in [5, 5.41) is 2.76. The van der Waals surface area contributed by atoms with Crippen LogP contribution in [0.25, 0.3) is 0 Å². The minimum atomic E-state index is -0.221. The first-order chi connectivity index (χ1) is 7.27. The molecule has 0 aliphatic rings. The predicted molar refractivity (Wildman–Crippen MR) is 57.2 cm³/mol. The molecule has 0 radical (unpaired) electrons. The molecule has 0 bridgehead atoms. The van der Waals surface area contributed by atoms with Crippen molar-refractivity contribution in [3.63, 3.8) is 0 Å². The van der Waals surface area contributed by atoms with Gasteiger partial charge in [-0.05, 0) is 17.7 Å². The van der Waals surface area contributed by atoms with Crippen molar-refractivity contribution in [3.8, 4) is 0 Å². The van der Waals surface area contributed by atoms with Gasteiger partial charge in [-0.15, -0.1) is 0 Å². The zero-order valence-electron chi connectivity index (χ0n) is 8.64. The van der Waals surface area contributed by atoms with E-state index in [0.29, 0.717) is 6.61 Å². The minimum absolute atomic E-state index is 0.186. The van der Waals surface area contributed by atoms with Crippen LogP contribution in [-0.4, -0.2) is 24.6 Å². The zero-order valence-corrected chi connectivity index (χ0v) is 8.64. The quantitative estimate of drug-likeness (QED) is 0.733. The third kappa shape index (κ3) is 3.52. The summed E-state index contributed by atoms with van der Waals surface area (Å²) in [5.74, 6) is -0.221. The third-order valence-corrected chi connectivity index (χ3v) is 1.92. The molecular formula is C11H14N2O2. The Hall–Kier alpha value is -1.68. The molecule has 15 heavy (non-hydrogen) atoms. The van der Waals surface area contributed by atoms with E-state index in [0.717, 1.165) is 5.56 Å². The molecule has 4 heteroatoms. The van der Waals surface area contributed by atoms with E-state index >= 15 is 0 Å². The third-order valence-electron chi connectivity index (χ3n) is 1.92. The predicted octanol–water partition coefficient (Wildman–Crippen LogP) is 1.07. The maximum atomic E-state index is 11.2. The molecular weight excluding hydrogens is 192 g/mol. The van der Waals surface area contributed by atoms with E-state index in [9.17, 15) is 4.79 Å². The normalized spacial score (nSPS) is 11.8. The van der Waals surface area contributed by atoms with Gasteiger partial charge in [-0.1, -0.05) is 12.6 Å². The van der Waals surface area contributed by atoms with E-state index in [-0.39, 0.29) is 11.9 Å². The molecule has 80 valence electrons. The van der Waals surface area contributed by atoms with Gasteiger partial charge >= 0.3 is 0 Å². The number of amides is 1. The lowest BCUT2D eigenvalue weighted by Gasteiger charge is -2.16. The van der Waals surface area contributed by atoms with Crippen LogP contribution >= 0.6 is 0 Å². The molecule has 1 aromatic heterocycles. The van der Waals surface area contributed by atoms with E-state index in [1.54, 1.807) is 19.5 Å². The average molecular weight is 206 g/mol. The fraction of sp³-hybridized carbons (Fsp3) is 0.273. The first kappa shape index (κ1) is 11.4. The number of carbonyl (C=O) groups excluding carboxylic acids is 1. The van der Waals surface area contributed by atoms with Gasteiger partial charge in [-0.2, -0.15) is 0 Å². The second-order valence-electron chi connectivity index (χ2n) is 3.01. The Kier molecular flexibility index (Phi) is 4.50. The number of hydrogen-bond acceptors (Lipinski definition) is 3. The van der Waals surface area contributed by atoms with Crippen molar-refractivity contribution >= 4 is 5.91 Å². The van der Waals surface area contributed by atoms with E-state index in [2.05, 4.69) is 16.9 Å². The molecule has 0 saturated carbocycles. The molecule has 0 saturated heterocycles. The Bertz CT molecular complexity index is 325. The number of nitrogens with zero attached hydrogens (tertiary/aromatic N) is 1. The molecule has 1 heterocycles. The molecule has 1 atom stereocenters. The Labute approximate surface area is 89.0 Å². The minimum Gasteiger partial charge on any atom is -0.382 e. The van der Waals surface area contributed by atoms with Gasteiger partial charge in [0, 0.05) is 19.5 Å². The van der Waals surface area contributed by atoms with Gasteiger partial charge in [0.15, 0.2) is 0 Å². The highest BCUT2D eigenvalue weighted by atomic mass is 16.5. The summed E-state index contributed by atoms with van der Waals surface area (Å²) in [7, 11) is 1.59. The Morgan fingerprint density at radius 3 is 3.13 bits per heavy atom. The van der Waals surface area contributed by atoms with Crippen LogP contribution in [-0.2, 0) is 9.53 Å². The zero-order chi connectivity index (χ0) is 11.1. The molecule has 0 fully saturated rings. The summed E-state index contributed by atoms with van der Waals surface area (Å²) in [6, 6.07) is 3.52. The average Bonchev–Trinajstić information content (AvgIpc) is 2.29. The summed E-state index contributed by atoms with van der Waals surface area (Å²) >= 11 is 0. The van der Waals surface area contributed by atoms with Crippen LogP contribution in [0.1, 0.15) is 11.6 Å². The summed E-state index contributed by atoms with van der Waals surface area (Å²) < 4.78 is 5.03. The second kappa shape index (κ2) is 5.93. The van der Waals surface area contributed by atoms with E-state index in [1.165, 1.54) is 6.08 Å². The SMILES string of the molecule is C=CC(=O)N[C@H](COC)c1cccnc1. The molecule has 0 aromatic carbocycles. The van der Waals surface area contributed by atoms with E-state index < -0.39 is 0 Å². The number of aromatic nitrogens is 1. The van der Waals surface area contributed by atoms with Crippen molar-refractivity contribution in [1.82, 2.24) is 10.3 Å². The highest BCUT2D eigenvalue weighted by Crippen LogP contribution is 2.11.